The summed E-state index contributed by atoms with van der Waals surface area (Å²) >= 11 is 0. The molecule has 28 heavy (non-hydrogen) atoms. The largest absolute Gasteiger partial charge is 0.380 e. The Hall–Kier alpha value is -3.62. The molecular weight excluding hydrogens is 358 g/mol. The van der Waals surface area contributed by atoms with E-state index in [0.29, 0.717) is 24.5 Å². The Morgan fingerprint density at radius 1 is 1.14 bits per heavy atom. The maximum absolute atomic E-state index is 11.5. The fourth-order valence-corrected chi connectivity index (χ4v) is 3.60. The van der Waals surface area contributed by atoms with E-state index in [1.807, 2.05) is 39.7 Å². The number of amides is 1. The van der Waals surface area contributed by atoms with Crippen molar-refractivity contribution in [1.82, 2.24) is 24.7 Å². The number of imidazole rings is 1. The molecule has 1 amide bonds. The molecule has 3 aromatic heterocycles. The van der Waals surface area contributed by atoms with Gasteiger partial charge in [-0.1, -0.05) is 5.16 Å². The number of hydrogen-bond acceptors (Lipinski definition) is 7. The molecule has 0 saturated carbocycles. The minimum absolute atomic E-state index is 0.114. The molecule has 4 aromatic rings. The van der Waals surface area contributed by atoms with E-state index in [1.54, 1.807) is 13.1 Å². The van der Waals surface area contributed by atoms with Crippen molar-refractivity contribution in [2.24, 2.45) is 0 Å². The normalized spacial score (nSPS) is 14.9. The van der Waals surface area contributed by atoms with Gasteiger partial charge in [-0.2, -0.15) is 0 Å². The van der Waals surface area contributed by atoms with Gasteiger partial charge in [0.25, 0.3) is 0 Å². The lowest BCUT2D eigenvalue weighted by Gasteiger charge is -2.34. The SMILES string of the molecule is CC(=O)N1CCN(c2ccc3ncc(-c4ccc5onc(N)c5c4)n3n2)CC1. The van der Waals surface area contributed by atoms with Crippen molar-refractivity contribution in [2.75, 3.05) is 36.8 Å². The minimum Gasteiger partial charge on any atom is -0.380 e. The molecule has 9 heteroatoms. The lowest BCUT2D eigenvalue weighted by atomic mass is 10.1. The van der Waals surface area contributed by atoms with Gasteiger partial charge in [0.1, 0.15) is 5.82 Å². The summed E-state index contributed by atoms with van der Waals surface area (Å²) in [7, 11) is 0. The molecule has 0 unspecified atom stereocenters. The summed E-state index contributed by atoms with van der Waals surface area (Å²) in [4.78, 5) is 20.0. The number of nitrogen functional groups attached to an aromatic ring is 1. The summed E-state index contributed by atoms with van der Waals surface area (Å²) in [5.74, 6) is 1.34. The summed E-state index contributed by atoms with van der Waals surface area (Å²) in [5.41, 5.74) is 9.09. The van der Waals surface area contributed by atoms with E-state index in [-0.39, 0.29) is 5.91 Å². The highest BCUT2D eigenvalue weighted by atomic mass is 16.5. The summed E-state index contributed by atoms with van der Waals surface area (Å²) < 4.78 is 7.02. The standard InChI is InChI=1S/C19H19N7O2/c1-12(27)24-6-8-25(9-7-24)18-5-4-17-21-11-15(26(17)22-18)13-2-3-16-14(10-13)19(20)23-28-16/h2-5,10-11H,6-9H2,1H3,(H2,20,23). The van der Waals surface area contributed by atoms with Crippen LogP contribution in [0, 0.1) is 0 Å². The highest BCUT2D eigenvalue weighted by Crippen LogP contribution is 2.28. The molecular formula is C19H19N7O2. The molecule has 9 nitrogen and oxygen atoms in total. The third-order valence-corrected chi connectivity index (χ3v) is 5.19. The van der Waals surface area contributed by atoms with Gasteiger partial charge in [-0.05, 0) is 30.3 Å². The monoisotopic (exact) mass is 377 g/mol. The van der Waals surface area contributed by atoms with Crippen molar-refractivity contribution in [1.29, 1.82) is 0 Å². The molecule has 1 aromatic carbocycles. The number of piperazine rings is 1. The predicted molar refractivity (Wildman–Crippen MR) is 105 cm³/mol. The molecule has 1 fully saturated rings. The van der Waals surface area contributed by atoms with Crippen molar-refractivity contribution in [3.8, 4) is 11.3 Å². The third-order valence-electron chi connectivity index (χ3n) is 5.19. The summed E-state index contributed by atoms with van der Waals surface area (Å²) in [5, 5.41) is 9.37. The van der Waals surface area contributed by atoms with Crippen LogP contribution >= 0.6 is 0 Å². The summed E-state index contributed by atoms with van der Waals surface area (Å²) in [6, 6.07) is 9.64. The van der Waals surface area contributed by atoms with Crippen molar-refractivity contribution < 1.29 is 9.32 Å². The lowest BCUT2D eigenvalue weighted by molar-refractivity contribution is -0.129. The second kappa shape index (κ2) is 6.22. The van der Waals surface area contributed by atoms with Crippen LogP contribution in [0.25, 0.3) is 27.9 Å². The van der Waals surface area contributed by atoms with Gasteiger partial charge in [0.05, 0.1) is 17.3 Å². The van der Waals surface area contributed by atoms with Crippen molar-refractivity contribution in [2.45, 2.75) is 6.92 Å². The molecule has 1 aliphatic heterocycles. The molecule has 142 valence electrons. The average molecular weight is 377 g/mol. The van der Waals surface area contributed by atoms with E-state index in [4.69, 9.17) is 15.4 Å². The van der Waals surface area contributed by atoms with Gasteiger partial charge in [0.2, 0.25) is 5.91 Å². The molecule has 2 N–H and O–H groups in total. The van der Waals surface area contributed by atoms with Crippen molar-refractivity contribution in [3.63, 3.8) is 0 Å². The van der Waals surface area contributed by atoms with E-state index >= 15 is 0 Å². The first-order valence-electron chi connectivity index (χ1n) is 9.11. The van der Waals surface area contributed by atoms with E-state index in [9.17, 15) is 4.79 Å². The third kappa shape index (κ3) is 2.63. The van der Waals surface area contributed by atoms with Crippen LogP contribution in [0.2, 0.25) is 0 Å². The van der Waals surface area contributed by atoms with Crippen LogP contribution in [0.5, 0.6) is 0 Å². The fraction of sp³-hybridized carbons (Fsp3) is 0.263. The number of rotatable bonds is 2. The van der Waals surface area contributed by atoms with Crippen LogP contribution in [-0.4, -0.2) is 56.7 Å². The Bertz CT molecular complexity index is 1190. The van der Waals surface area contributed by atoms with E-state index in [2.05, 4.69) is 15.0 Å². The summed E-state index contributed by atoms with van der Waals surface area (Å²) in [6.45, 7) is 4.53. The van der Waals surface area contributed by atoms with E-state index in [1.165, 1.54) is 0 Å². The van der Waals surface area contributed by atoms with Crippen LogP contribution in [-0.2, 0) is 4.79 Å². The number of nitrogens with zero attached hydrogens (tertiary/aromatic N) is 6. The average Bonchev–Trinajstić information content (AvgIpc) is 3.31. The first-order valence-corrected chi connectivity index (χ1v) is 9.11. The number of anilines is 2. The predicted octanol–water partition coefficient (Wildman–Crippen LogP) is 1.79. The Labute approximate surface area is 160 Å². The van der Waals surface area contributed by atoms with Crippen molar-refractivity contribution in [3.05, 3.63) is 36.5 Å². The molecule has 4 heterocycles. The first-order chi connectivity index (χ1) is 13.6. The van der Waals surface area contributed by atoms with Gasteiger partial charge in [0.15, 0.2) is 17.0 Å². The lowest BCUT2D eigenvalue weighted by Crippen LogP contribution is -2.48. The highest BCUT2D eigenvalue weighted by molar-refractivity contribution is 5.90. The topological polar surface area (TPSA) is 106 Å². The zero-order chi connectivity index (χ0) is 19.3. The molecule has 0 atom stereocenters. The second-order valence-electron chi connectivity index (χ2n) is 6.88. The molecule has 0 bridgehead atoms. The van der Waals surface area contributed by atoms with Gasteiger partial charge in [-0.25, -0.2) is 9.50 Å². The minimum atomic E-state index is 0.114. The van der Waals surface area contributed by atoms with Crippen LogP contribution < -0.4 is 10.6 Å². The van der Waals surface area contributed by atoms with Gasteiger partial charge in [0, 0.05) is 38.7 Å². The number of aromatic nitrogens is 4. The van der Waals surface area contributed by atoms with Crippen LogP contribution in [0.3, 0.4) is 0 Å². The van der Waals surface area contributed by atoms with Crippen molar-refractivity contribution >= 4 is 34.2 Å². The quantitative estimate of drug-likeness (QED) is 0.568. The van der Waals surface area contributed by atoms with Gasteiger partial charge in [-0.15, -0.1) is 5.10 Å². The highest BCUT2D eigenvalue weighted by Gasteiger charge is 2.20. The Kier molecular flexibility index (Phi) is 3.68. The first kappa shape index (κ1) is 16.5. The van der Waals surface area contributed by atoms with Gasteiger partial charge in [-0.3, -0.25) is 4.79 Å². The van der Waals surface area contributed by atoms with E-state index < -0.39 is 0 Å². The number of carbonyl (C=O) groups is 1. The van der Waals surface area contributed by atoms with Gasteiger partial charge < -0.3 is 20.1 Å². The number of benzene rings is 1. The zero-order valence-electron chi connectivity index (χ0n) is 15.4. The molecule has 0 aliphatic carbocycles. The number of hydrogen-bond donors (Lipinski definition) is 1. The molecule has 1 saturated heterocycles. The zero-order valence-corrected chi connectivity index (χ0v) is 15.4. The van der Waals surface area contributed by atoms with Crippen LogP contribution in [0.4, 0.5) is 11.6 Å². The number of carbonyl (C=O) groups excluding carboxylic acids is 1. The smallest absolute Gasteiger partial charge is 0.219 e. The Balaban J connectivity index is 1.51. The molecule has 5 rings (SSSR count). The molecule has 0 radical (unpaired) electrons. The maximum atomic E-state index is 11.5. The second-order valence-corrected chi connectivity index (χ2v) is 6.88. The summed E-state index contributed by atoms with van der Waals surface area (Å²) in [6.07, 6.45) is 1.80. The van der Waals surface area contributed by atoms with E-state index in [0.717, 1.165) is 41.2 Å². The van der Waals surface area contributed by atoms with Crippen LogP contribution in [0.1, 0.15) is 6.92 Å². The number of fused-ring (bicyclic) bond motifs is 2. The number of nitrogens with two attached hydrogens (primary N) is 1. The maximum Gasteiger partial charge on any atom is 0.219 e. The van der Waals surface area contributed by atoms with Crippen LogP contribution in [0.15, 0.2) is 41.1 Å². The molecule has 0 spiro atoms. The molecule has 1 aliphatic rings. The van der Waals surface area contributed by atoms with Gasteiger partial charge >= 0.3 is 0 Å². The Morgan fingerprint density at radius 3 is 2.75 bits per heavy atom. The Morgan fingerprint density at radius 2 is 1.96 bits per heavy atom. The fourth-order valence-electron chi connectivity index (χ4n) is 3.60.